The van der Waals surface area contributed by atoms with Gasteiger partial charge in [0.1, 0.15) is 0 Å². The first-order valence-electron chi connectivity index (χ1n) is 11.7. The van der Waals surface area contributed by atoms with Gasteiger partial charge in [-0.05, 0) is 72.8 Å². The van der Waals surface area contributed by atoms with Crippen LogP contribution in [-0.4, -0.2) is 0 Å². The highest BCUT2D eigenvalue weighted by molar-refractivity contribution is 5.43. The second-order valence-electron chi connectivity index (χ2n) is 8.86. The van der Waals surface area contributed by atoms with E-state index in [1.54, 1.807) is 5.56 Å². The highest BCUT2D eigenvalue weighted by Gasteiger charge is 2.22. The molecule has 1 unspecified atom stereocenters. The summed E-state index contributed by atoms with van der Waals surface area (Å²) in [4.78, 5) is 0. The smallest absolute Gasteiger partial charge is 0.0314 e. The Hall–Kier alpha value is -1.76. The van der Waals surface area contributed by atoms with Crippen molar-refractivity contribution in [2.45, 2.75) is 89.9 Å². The van der Waals surface area contributed by atoms with Crippen molar-refractivity contribution in [3.05, 3.63) is 65.2 Å². The Morgan fingerprint density at radius 1 is 0.786 bits per heavy atom. The quantitative estimate of drug-likeness (QED) is 0.347. The molecule has 3 rings (SSSR count). The number of hydrogen-bond donors (Lipinski definition) is 1. The maximum atomic E-state index is 5.86. The summed E-state index contributed by atoms with van der Waals surface area (Å²) in [6.07, 6.45) is 13.9. The normalized spacial score (nSPS) is 20.8. The van der Waals surface area contributed by atoms with Gasteiger partial charge in [0.15, 0.2) is 0 Å². The molecule has 0 aliphatic heterocycles. The second-order valence-corrected chi connectivity index (χ2v) is 8.86. The van der Waals surface area contributed by atoms with Crippen LogP contribution in [0.5, 0.6) is 0 Å². The first-order chi connectivity index (χ1) is 13.7. The van der Waals surface area contributed by atoms with E-state index >= 15 is 0 Å². The van der Waals surface area contributed by atoms with Gasteiger partial charge in [-0.25, -0.2) is 0 Å². The molecule has 0 spiro atoms. The van der Waals surface area contributed by atoms with Crippen molar-refractivity contribution < 1.29 is 0 Å². The molecule has 1 nitrogen and oxygen atoms in total. The summed E-state index contributed by atoms with van der Waals surface area (Å²) in [6.45, 7) is 4.58. The number of nitrogens with two attached hydrogens (primary N) is 1. The molecule has 152 valence electrons. The number of anilines is 1. The van der Waals surface area contributed by atoms with Crippen LogP contribution in [0.3, 0.4) is 0 Å². The minimum atomic E-state index is 0.466. The summed E-state index contributed by atoms with van der Waals surface area (Å²) in [5.74, 6) is 2.23. The van der Waals surface area contributed by atoms with Gasteiger partial charge in [-0.3, -0.25) is 0 Å². The van der Waals surface area contributed by atoms with E-state index in [0.29, 0.717) is 5.92 Å². The van der Waals surface area contributed by atoms with Crippen LogP contribution in [0.2, 0.25) is 0 Å². The van der Waals surface area contributed by atoms with E-state index in [2.05, 4.69) is 50.2 Å². The van der Waals surface area contributed by atoms with Gasteiger partial charge in [-0.1, -0.05) is 82.3 Å². The van der Waals surface area contributed by atoms with Crippen LogP contribution in [0.15, 0.2) is 48.5 Å². The Morgan fingerprint density at radius 2 is 1.39 bits per heavy atom. The average molecular weight is 378 g/mol. The predicted octanol–water partition coefficient (Wildman–Crippen LogP) is 8.05. The Labute approximate surface area is 172 Å². The predicted molar refractivity (Wildman–Crippen MR) is 123 cm³/mol. The van der Waals surface area contributed by atoms with E-state index in [4.69, 9.17) is 5.73 Å². The lowest BCUT2D eigenvalue weighted by Crippen LogP contribution is -2.13. The van der Waals surface area contributed by atoms with Crippen molar-refractivity contribution in [2.24, 2.45) is 5.92 Å². The second kappa shape index (κ2) is 10.7. The summed E-state index contributed by atoms with van der Waals surface area (Å²) in [5.41, 5.74) is 11.1. The highest BCUT2D eigenvalue weighted by atomic mass is 14.5. The van der Waals surface area contributed by atoms with Gasteiger partial charge in [0.05, 0.1) is 0 Å². The van der Waals surface area contributed by atoms with Crippen LogP contribution in [-0.2, 0) is 0 Å². The molecule has 1 aliphatic carbocycles. The van der Waals surface area contributed by atoms with Gasteiger partial charge < -0.3 is 5.73 Å². The molecule has 0 aromatic heterocycles. The lowest BCUT2D eigenvalue weighted by molar-refractivity contribution is 0.302. The first kappa shape index (κ1) is 21.0. The van der Waals surface area contributed by atoms with E-state index < -0.39 is 0 Å². The number of rotatable bonds is 9. The van der Waals surface area contributed by atoms with Crippen molar-refractivity contribution >= 4 is 5.69 Å². The van der Waals surface area contributed by atoms with Gasteiger partial charge in [0.25, 0.3) is 0 Å². The molecule has 2 aromatic carbocycles. The maximum Gasteiger partial charge on any atom is 0.0314 e. The van der Waals surface area contributed by atoms with Crippen LogP contribution in [0.25, 0.3) is 0 Å². The van der Waals surface area contributed by atoms with Crippen molar-refractivity contribution in [3.8, 4) is 0 Å². The van der Waals surface area contributed by atoms with Crippen molar-refractivity contribution in [1.82, 2.24) is 0 Å². The number of nitrogen functional groups attached to an aromatic ring is 1. The van der Waals surface area contributed by atoms with Gasteiger partial charge in [-0.2, -0.15) is 0 Å². The molecule has 1 aliphatic rings. The van der Waals surface area contributed by atoms with E-state index in [1.807, 2.05) is 12.1 Å². The molecule has 0 amide bonds. The van der Waals surface area contributed by atoms with Crippen LogP contribution < -0.4 is 5.73 Å². The molecule has 2 N–H and O–H groups in total. The Bertz CT molecular complexity index is 677. The topological polar surface area (TPSA) is 26.0 Å². The third-order valence-corrected chi connectivity index (χ3v) is 6.87. The molecule has 28 heavy (non-hydrogen) atoms. The van der Waals surface area contributed by atoms with E-state index in [9.17, 15) is 0 Å². The van der Waals surface area contributed by atoms with Crippen LogP contribution in [0, 0.1) is 5.92 Å². The molecule has 1 fully saturated rings. The monoisotopic (exact) mass is 377 g/mol. The van der Waals surface area contributed by atoms with Crippen molar-refractivity contribution in [1.29, 1.82) is 0 Å². The lowest BCUT2D eigenvalue weighted by atomic mass is 9.76. The van der Waals surface area contributed by atoms with Gasteiger partial charge in [0.2, 0.25) is 0 Å². The number of hydrogen-bond acceptors (Lipinski definition) is 1. The zero-order valence-corrected chi connectivity index (χ0v) is 18.0. The summed E-state index contributed by atoms with van der Waals surface area (Å²) in [5, 5.41) is 0. The van der Waals surface area contributed by atoms with Crippen LogP contribution in [0.1, 0.15) is 107 Å². The minimum absolute atomic E-state index is 0.466. The zero-order valence-electron chi connectivity index (χ0n) is 18.0. The van der Waals surface area contributed by atoms with Crippen LogP contribution in [0.4, 0.5) is 5.69 Å². The lowest BCUT2D eigenvalue weighted by Gasteiger charge is -2.29. The fourth-order valence-electron chi connectivity index (χ4n) is 5.04. The van der Waals surface area contributed by atoms with Crippen LogP contribution >= 0.6 is 0 Å². The summed E-state index contributed by atoms with van der Waals surface area (Å²) >= 11 is 0. The van der Waals surface area contributed by atoms with Gasteiger partial charge in [0, 0.05) is 11.6 Å². The molecule has 1 heteroatoms. The molecular formula is C27H39N. The summed E-state index contributed by atoms with van der Waals surface area (Å²) < 4.78 is 0. The molecular weight excluding hydrogens is 338 g/mol. The fourth-order valence-corrected chi connectivity index (χ4v) is 5.04. The molecule has 1 atom stereocenters. The third kappa shape index (κ3) is 5.63. The van der Waals surface area contributed by atoms with Gasteiger partial charge in [-0.15, -0.1) is 0 Å². The standard InChI is InChI=1S/C27H39N/c1-3-5-6-7-8-21-9-11-22(12-10-21)23-13-15-24(16-14-23)27(4-2)25-17-19-26(28)20-18-25/h13-22,27H,3-12,28H2,1-2H3. The number of unbranched alkanes of at least 4 members (excludes halogenated alkanes) is 3. The molecule has 0 heterocycles. The molecule has 0 radical (unpaired) electrons. The molecule has 1 saturated carbocycles. The summed E-state index contributed by atoms with van der Waals surface area (Å²) in [7, 11) is 0. The maximum absolute atomic E-state index is 5.86. The Morgan fingerprint density at radius 3 is 1.96 bits per heavy atom. The minimum Gasteiger partial charge on any atom is -0.399 e. The Balaban J connectivity index is 1.55. The third-order valence-electron chi connectivity index (χ3n) is 6.87. The number of benzene rings is 2. The van der Waals surface area contributed by atoms with E-state index in [0.717, 1.165) is 23.9 Å². The van der Waals surface area contributed by atoms with E-state index in [-0.39, 0.29) is 0 Å². The molecule has 0 saturated heterocycles. The van der Waals surface area contributed by atoms with Crippen molar-refractivity contribution in [3.63, 3.8) is 0 Å². The average Bonchev–Trinajstić information content (AvgIpc) is 2.74. The largest absolute Gasteiger partial charge is 0.399 e. The van der Waals surface area contributed by atoms with Crippen molar-refractivity contribution in [2.75, 3.05) is 5.73 Å². The molecule has 2 aromatic rings. The SMILES string of the molecule is CCCCCCC1CCC(c2ccc(C(CC)c3ccc(N)cc3)cc2)CC1. The Kier molecular flexibility index (Phi) is 8.01. The van der Waals surface area contributed by atoms with E-state index in [1.165, 1.54) is 68.9 Å². The zero-order chi connectivity index (χ0) is 19.8. The highest BCUT2D eigenvalue weighted by Crippen LogP contribution is 2.38. The van der Waals surface area contributed by atoms with Gasteiger partial charge >= 0.3 is 0 Å². The fraction of sp³-hybridized carbons (Fsp3) is 0.556. The summed E-state index contributed by atoms with van der Waals surface area (Å²) in [6, 6.07) is 18.0. The first-order valence-corrected chi connectivity index (χ1v) is 11.7. The molecule has 0 bridgehead atoms.